The van der Waals surface area contributed by atoms with Gasteiger partial charge in [-0.05, 0) is 29.8 Å². The fourth-order valence-electron chi connectivity index (χ4n) is 3.69. The van der Waals surface area contributed by atoms with E-state index >= 15 is 0 Å². The summed E-state index contributed by atoms with van der Waals surface area (Å²) < 4.78 is 27.0. The Bertz CT molecular complexity index is 1130. The Balaban J connectivity index is 1.85. The summed E-state index contributed by atoms with van der Waals surface area (Å²) in [6.07, 6.45) is 0. The Kier molecular flexibility index (Phi) is 7.39. The highest BCUT2D eigenvalue weighted by Crippen LogP contribution is 2.30. The molecule has 10 nitrogen and oxygen atoms in total. The molecule has 1 saturated heterocycles. The Morgan fingerprint density at radius 1 is 1.03 bits per heavy atom. The molecule has 1 fully saturated rings. The molecule has 2 N–H and O–H groups in total. The second-order valence-corrected chi connectivity index (χ2v) is 7.65. The molecule has 3 amide bonds. The van der Waals surface area contributed by atoms with Gasteiger partial charge in [0.25, 0.3) is 11.6 Å². The van der Waals surface area contributed by atoms with Gasteiger partial charge in [0, 0.05) is 51.8 Å². The number of nitro groups is 1. The average molecular weight is 475 g/mol. The van der Waals surface area contributed by atoms with Crippen LogP contribution >= 0.6 is 0 Å². The number of nitrogens with zero attached hydrogens (tertiary/aromatic N) is 3. The highest BCUT2D eigenvalue weighted by Gasteiger charge is 2.28. The van der Waals surface area contributed by atoms with Crippen molar-refractivity contribution in [3.05, 3.63) is 69.3 Å². The number of carbonyl (C=O) groups is 3. The van der Waals surface area contributed by atoms with Gasteiger partial charge in [0.15, 0.2) is 11.6 Å². The second-order valence-electron chi connectivity index (χ2n) is 7.65. The molecule has 0 aliphatic carbocycles. The lowest BCUT2D eigenvalue weighted by Crippen LogP contribution is -2.48. The predicted octanol–water partition coefficient (Wildman–Crippen LogP) is 1.76. The quantitative estimate of drug-likeness (QED) is 0.485. The van der Waals surface area contributed by atoms with Crippen molar-refractivity contribution < 1.29 is 28.1 Å². The zero-order valence-corrected chi connectivity index (χ0v) is 18.5. The number of rotatable bonds is 6. The Morgan fingerprint density at radius 3 is 2.26 bits per heavy atom. The zero-order chi connectivity index (χ0) is 25.0. The molecule has 180 valence electrons. The van der Waals surface area contributed by atoms with E-state index < -0.39 is 34.4 Å². The molecule has 1 aliphatic rings. The summed E-state index contributed by atoms with van der Waals surface area (Å²) in [5.74, 6) is -3.87. The minimum Gasteiger partial charge on any atom is -0.362 e. The summed E-state index contributed by atoms with van der Waals surface area (Å²) in [5, 5.41) is 16.5. The van der Waals surface area contributed by atoms with E-state index in [1.54, 1.807) is 9.80 Å². The molecule has 2 aromatic carbocycles. The summed E-state index contributed by atoms with van der Waals surface area (Å²) in [4.78, 5) is 51.2. The number of hydrogen-bond acceptors (Lipinski definition) is 6. The largest absolute Gasteiger partial charge is 0.362 e. The molecule has 0 bridgehead atoms. The zero-order valence-electron chi connectivity index (χ0n) is 18.5. The molecule has 1 heterocycles. The number of likely N-dealkylation sites (N-methyl/N-ethyl adjacent to an activating group) is 1. The van der Waals surface area contributed by atoms with Crippen LogP contribution in [-0.2, 0) is 9.59 Å². The molecule has 1 aliphatic heterocycles. The number of hydrogen-bond donors (Lipinski definition) is 2. The van der Waals surface area contributed by atoms with E-state index in [2.05, 4.69) is 10.6 Å². The predicted molar refractivity (Wildman–Crippen MR) is 118 cm³/mol. The van der Waals surface area contributed by atoms with E-state index in [0.717, 1.165) is 24.3 Å². The number of amides is 3. The van der Waals surface area contributed by atoms with Gasteiger partial charge in [-0.25, -0.2) is 8.78 Å². The number of benzene rings is 2. The third-order valence-electron chi connectivity index (χ3n) is 5.56. The van der Waals surface area contributed by atoms with E-state index in [0.29, 0.717) is 31.9 Å². The summed E-state index contributed by atoms with van der Waals surface area (Å²) in [7, 11) is 1.31. The fourth-order valence-corrected chi connectivity index (χ4v) is 3.69. The Labute approximate surface area is 193 Å². The van der Waals surface area contributed by atoms with Gasteiger partial charge >= 0.3 is 0 Å². The van der Waals surface area contributed by atoms with Gasteiger partial charge in [-0.1, -0.05) is 6.07 Å². The Morgan fingerprint density at radius 2 is 1.71 bits per heavy atom. The topological polar surface area (TPSA) is 125 Å². The van der Waals surface area contributed by atoms with Crippen molar-refractivity contribution in [2.45, 2.75) is 13.0 Å². The molecule has 3 rings (SSSR count). The van der Waals surface area contributed by atoms with Crippen LogP contribution in [0, 0.1) is 21.7 Å². The van der Waals surface area contributed by atoms with Gasteiger partial charge in [-0.2, -0.15) is 0 Å². The van der Waals surface area contributed by atoms with Gasteiger partial charge in [-0.3, -0.25) is 24.5 Å². The number of piperazine rings is 1. The van der Waals surface area contributed by atoms with Gasteiger partial charge < -0.3 is 20.4 Å². The summed E-state index contributed by atoms with van der Waals surface area (Å²) >= 11 is 0. The maximum Gasteiger partial charge on any atom is 0.293 e. The van der Waals surface area contributed by atoms with Crippen molar-refractivity contribution >= 4 is 29.1 Å². The fraction of sp³-hybridized carbons (Fsp3) is 0.318. The number of halogens is 2. The molecule has 1 atom stereocenters. The first-order chi connectivity index (χ1) is 16.1. The number of carbonyl (C=O) groups excluding carboxylic acids is 3. The van der Waals surface area contributed by atoms with Crippen molar-refractivity contribution in [3.63, 3.8) is 0 Å². The van der Waals surface area contributed by atoms with Crippen LogP contribution in [-0.4, -0.2) is 60.8 Å². The number of nitro benzene ring substituents is 1. The molecule has 0 radical (unpaired) electrons. The minimum atomic E-state index is -1.36. The molecule has 34 heavy (non-hydrogen) atoms. The van der Waals surface area contributed by atoms with Crippen LogP contribution in [0.15, 0.2) is 36.4 Å². The van der Waals surface area contributed by atoms with Crippen molar-refractivity contribution in [2.75, 3.05) is 38.1 Å². The van der Waals surface area contributed by atoms with Crippen molar-refractivity contribution in [2.24, 2.45) is 0 Å². The molecule has 1 unspecified atom stereocenters. The molecule has 12 heteroatoms. The molecular formula is C22H23F2N5O5. The number of anilines is 1. The van der Waals surface area contributed by atoms with E-state index in [-0.39, 0.29) is 22.7 Å². The lowest BCUT2D eigenvalue weighted by atomic mass is 10.0. The van der Waals surface area contributed by atoms with E-state index in [9.17, 15) is 33.3 Å². The number of nitrogens with one attached hydrogen (secondary N) is 2. The third kappa shape index (κ3) is 5.27. The maximum atomic E-state index is 13.7. The molecule has 0 aromatic heterocycles. The van der Waals surface area contributed by atoms with Crippen LogP contribution in [0.1, 0.15) is 28.9 Å². The van der Waals surface area contributed by atoms with Crippen LogP contribution in [0.2, 0.25) is 0 Å². The third-order valence-corrected chi connectivity index (χ3v) is 5.56. The molecule has 2 aromatic rings. The Hall–Kier alpha value is -4.09. The van der Waals surface area contributed by atoms with Crippen molar-refractivity contribution in [1.29, 1.82) is 0 Å². The SMILES string of the molecule is CNC(=O)C(NC(=O)c1ccc(N2CCN(C(C)=O)CC2)c([N+](=O)[O-])c1)c1ccc(F)c(F)c1. The van der Waals surface area contributed by atoms with E-state index in [1.165, 1.54) is 26.1 Å². The van der Waals surface area contributed by atoms with Crippen molar-refractivity contribution in [1.82, 2.24) is 15.5 Å². The highest BCUT2D eigenvalue weighted by molar-refractivity contribution is 5.99. The average Bonchev–Trinajstić information content (AvgIpc) is 2.83. The summed E-state index contributed by atoms with van der Waals surface area (Å²) in [6.45, 7) is 3.06. The van der Waals surface area contributed by atoms with Gasteiger partial charge in [0.05, 0.1) is 4.92 Å². The summed E-state index contributed by atoms with van der Waals surface area (Å²) in [5.41, 5.74) is -0.100. The first-order valence-corrected chi connectivity index (χ1v) is 10.4. The standard InChI is InChI=1S/C22H23F2N5O5/c1-13(30)27-7-9-28(10-8-27)18-6-4-15(12-19(18)29(33)34)21(31)26-20(22(32)25-2)14-3-5-16(23)17(24)11-14/h3-6,11-12,20H,7-10H2,1-2H3,(H,25,32)(H,26,31). The van der Waals surface area contributed by atoms with Crippen LogP contribution in [0.5, 0.6) is 0 Å². The molecular weight excluding hydrogens is 452 g/mol. The van der Waals surface area contributed by atoms with Crippen LogP contribution in [0.3, 0.4) is 0 Å². The van der Waals surface area contributed by atoms with Gasteiger partial charge in [-0.15, -0.1) is 0 Å². The van der Waals surface area contributed by atoms with Crippen molar-refractivity contribution in [3.8, 4) is 0 Å². The lowest BCUT2D eigenvalue weighted by Gasteiger charge is -2.35. The van der Waals surface area contributed by atoms with Crippen LogP contribution in [0.4, 0.5) is 20.2 Å². The van der Waals surface area contributed by atoms with Crippen LogP contribution in [0.25, 0.3) is 0 Å². The first-order valence-electron chi connectivity index (χ1n) is 10.4. The van der Waals surface area contributed by atoms with E-state index in [1.807, 2.05) is 0 Å². The molecule has 0 saturated carbocycles. The highest BCUT2D eigenvalue weighted by atomic mass is 19.2. The lowest BCUT2D eigenvalue weighted by molar-refractivity contribution is -0.384. The van der Waals surface area contributed by atoms with E-state index in [4.69, 9.17) is 0 Å². The van der Waals surface area contributed by atoms with Crippen LogP contribution < -0.4 is 15.5 Å². The minimum absolute atomic E-state index is 0.000983. The normalized spacial score (nSPS) is 14.4. The first kappa shape index (κ1) is 24.6. The van der Waals surface area contributed by atoms with Gasteiger partial charge in [0.2, 0.25) is 11.8 Å². The smallest absolute Gasteiger partial charge is 0.293 e. The molecule has 0 spiro atoms. The summed E-state index contributed by atoms with van der Waals surface area (Å²) in [6, 6.07) is 5.33. The maximum absolute atomic E-state index is 13.7. The second kappa shape index (κ2) is 10.2. The monoisotopic (exact) mass is 475 g/mol. The van der Waals surface area contributed by atoms with Gasteiger partial charge in [0.1, 0.15) is 11.7 Å².